The lowest BCUT2D eigenvalue weighted by Gasteiger charge is -2.26. The van der Waals surface area contributed by atoms with Gasteiger partial charge in [0, 0.05) is 36.6 Å². The highest BCUT2D eigenvalue weighted by molar-refractivity contribution is 6.10. The van der Waals surface area contributed by atoms with Gasteiger partial charge in [0.25, 0.3) is 5.91 Å². The summed E-state index contributed by atoms with van der Waals surface area (Å²) in [6.07, 6.45) is 1.24. The Bertz CT molecular complexity index is 1160. The van der Waals surface area contributed by atoms with Gasteiger partial charge >= 0.3 is 5.97 Å². The summed E-state index contributed by atoms with van der Waals surface area (Å²) in [5.41, 5.74) is 2.37. The van der Waals surface area contributed by atoms with Crippen LogP contribution < -0.4 is 5.32 Å². The molecule has 4 rings (SSSR count). The summed E-state index contributed by atoms with van der Waals surface area (Å²) in [5.74, 6) is -1.88. The minimum absolute atomic E-state index is 0.0252. The Kier molecular flexibility index (Phi) is 6.32. The number of aliphatic carboxylic acids is 1. The molecule has 0 unspecified atom stereocenters. The van der Waals surface area contributed by atoms with Gasteiger partial charge in [0.1, 0.15) is 17.3 Å². The number of carboxylic acid groups (broad SMARTS) is 1. The van der Waals surface area contributed by atoms with Crippen molar-refractivity contribution in [3.63, 3.8) is 0 Å². The molecule has 1 aromatic heterocycles. The number of aromatic hydroxyl groups is 1. The van der Waals surface area contributed by atoms with Crippen LogP contribution in [-0.4, -0.2) is 46.8 Å². The number of hydrogen-bond acceptors (Lipinski definition) is 5. The number of amides is 1. The number of rotatable bonds is 6. The highest BCUT2D eigenvalue weighted by Crippen LogP contribution is 2.40. The molecule has 3 N–H and O–H groups in total. The van der Waals surface area contributed by atoms with Gasteiger partial charge in [0.2, 0.25) is 0 Å². The van der Waals surface area contributed by atoms with Gasteiger partial charge in [-0.05, 0) is 54.1 Å². The predicted octanol–water partition coefficient (Wildman–Crippen LogP) is 3.85. The fourth-order valence-electron chi connectivity index (χ4n) is 4.05. The monoisotopic (exact) mass is 438 g/mol. The number of carbonyl (C=O) groups is 2. The third-order valence-corrected chi connectivity index (χ3v) is 5.60. The molecule has 0 bridgehead atoms. The summed E-state index contributed by atoms with van der Waals surface area (Å²) < 4.78 is 19.1. The third kappa shape index (κ3) is 4.55. The minimum atomic E-state index is -1.02. The first-order chi connectivity index (χ1) is 15.4. The lowest BCUT2D eigenvalue weighted by molar-refractivity contribution is -0.136. The average molecular weight is 438 g/mol. The van der Waals surface area contributed by atoms with Crippen LogP contribution in [0.4, 0.5) is 4.39 Å². The van der Waals surface area contributed by atoms with E-state index in [9.17, 15) is 19.1 Å². The van der Waals surface area contributed by atoms with E-state index in [4.69, 9.17) is 14.8 Å². The topological polar surface area (TPSA) is 109 Å². The standard InChI is InChI=1S/C24H23FN2O5/c25-16-3-1-14(2-4-16)21-18-6-5-17(28)13-19(18)23(24(31)26-10-7-20(29)30)27-22(21)15-8-11-32-12-9-15/h1-6,13,15,28H,7-12H2,(H,26,31)(H,29,30). The first kappa shape index (κ1) is 21.7. The van der Waals surface area contributed by atoms with Crippen molar-refractivity contribution in [1.29, 1.82) is 0 Å². The molecule has 0 radical (unpaired) electrons. The van der Waals surface area contributed by atoms with Gasteiger partial charge in [-0.3, -0.25) is 9.59 Å². The Morgan fingerprint density at radius 2 is 1.81 bits per heavy atom. The molecule has 0 saturated carbocycles. The molecule has 2 aromatic carbocycles. The summed E-state index contributed by atoms with van der Waals surface area (Å²) in [5, 5.41) is 22.7. The highest BCUT2D eigenvalue weighted by atomic mass is 19.1. The Hall–Kier alpha value is -3.52. The number of halogens is 1. The van der Waals surface area contributed by atoms with E-state index in [0.29, 0.717) is 29.7 Å². The molecule has 7 nitrogen and oxygen atoms in total. The summed E-state index contributed by atoms with van der Waals surface area (Å²) in [4.78, 5) is 28.5. The van der Waals surface area contributed by atoms with Gasteiger partial charge in [-0.2, -0.15) is 0 Å². The van der Waals surface area contributed by atoms with Crippen LogP contribution in [0.2, 0.25) is 0 Å². The van der Waals surface area contributed by atoms with Crippen molar-refractivity contribution in [2.45, 2.75) is 25.2 Å². The second-order valence-electron chi connectivity index (χ2n) is 7.74. The van der Waals surface area contributed by atoms with Crippen molar-refractivity contribution in [2.75, 3.05) is 19.8 Å². The smallest absolute Gasteiger partial charge is 0.305 e. The van der Waals surface area contributed by atoms with E-state index in [1.807, 2.05) is 0 Å². The van der Waals surface area contributed by atoms with Gasteiger partial charge in [0.05, 0.1) is 12.1 Å². The number of phenols is 1. The second kappa shape index (κ2) is 9.32. The molecule has 0 atom stereocenters. The van der Waals surface area contributed by atoms with Crippen LogP contribution in [-0.2, 0) is 9.53 Å². The maximum Gasteiger partial charge on any atom is 0.305 e. The second-order valence-corrected chi connectivity index (χ2v) is 7.74. The molecule has 2 heterocycles. The summed E-state index contributed by atoms with van der Waals surface area (Å²) in [6.45, 7) is 1.11. The molecule has 3 aromatic rings. The van der Waals surface area contributed by atoms with E-state index in [1.54, 1.807) is 18.2 Å². The number of benzene rings is 2. The van der Waals surface area contributed by atoms with E-state index in [2.05, 4.69) is 5.32 Å². The zero-order chi connectivity index (χ0) is 22.7. The zero-order valence-electron chi connectivity index (χ0n) is 17.3. The molecule has 1 aliphatic rings. The van der Waals surface area contributed by atoms with Gasteiger partial charge in [-0.25, -0.2) is 9.37 Å². The van der Waals surface area contributed by atoms with Crippen LogP contribution >= 0.6 is 0 Å². The van der Waals surface area contributed by atoms with Crippen LogP contribution in [0, 0.1) is 5.82 Å². The van der Waals surface area contributed by atoms with Crippen molar-refractivity contribution in [1.82, 2.24) is 10.3 Å². The molecule has 8 heteroatoms. The van der Waals surface area contributed by atoms with E-state index >= 15 is 0 Å². The van der Waals surface area contributed by atoms with Crippen LogP contribution in [0.15, 0.2) is 42.5 Å². The fourth-order valence-corrected chi connectivity index (χ4v) is 4.05. The predicted molar refractivity (Wildman–Crippen MR) is 116 cm³/mol. The summed E-state index contributed by atoms with van der Waals surface area (Å²) in [7, 11) is 0. The number of phenolic OH excluding ortho intramolecular Hbond substituents is 1. The van der Waals surface area contributed by atoms with Gasteiger partial charge in [0.15, 0.2) is 0 Å². The average Bonchev–Trinajstić information content (AvgIpc) is 2.79. The SMILES string of the molecule is O=C(O)CCNC(=O)c1nc(C2CCOCC2)c(-c2ccc(F)cc2)c2ccc(O)cc12. The Labute approximate surface area is 183 Å². The third-order valence-electron chi connectivity index (χ3n) is 5.60. The first-order valence-corrected chi connectivity index (χ1v) is 10.4. The largest absolute Gasteiger partial charge is 0.508 e. The fraction of sp³-hybridized carbons (Fsp3) is 0.292. The molecule has 1 saturated heterocycles. The highest BCUT2D eigenvalue weighted by Gasteiger charge is 2.26. The van der Waals surface area contributed by atoms with Crippen LogP contribution in [0.1, 0.15) is 41.4 Å². The van der Waals surface area contributed by atoms with Gasteiger partial charge in [-0.1, -0.05) is 12.1 Å². The van der Waals surface area contributed by atoms with E-state index in [1.165, 1.54) is 24.3 Å². The number of nitrogens with zero attached hydrogens (tertiary/aromatic N) is 1. The first-order valence-electron chi connectivity index (χ1n) is 10.4. The summed E-state index contributed by atoms with van der Waals surface area (Å²) >= 11 is 0. The van der Waals surface area contributed by atoms with Crippen molar-refractivity contribution < 1.29 is 28.9 Å². The number of carbonyl (C=O) groups excluding carboxylic acids is 1. The molecular weight excluding hydrogens is 415 g/mol. The van der Waals surface area contributed by atoms with E-state index in [0.717, 1.165) is 24.0 Å². The van der Waals surface area contributed by atoms with Crippen molar-refractivity contribution in [2.24, 2.45) is 0 Å². The molecule has 0 aliphatic carbocycles. The number of hydrogen-bond donors (Lipinski definition) is 3. The maximum absolute atomic E-state index is 13.6. The molecular formula is C24H23FN2O5. The normalized spacial score (nSPS) is 14.4. The number of ether oxygens (including phenoxy) is 1. The Morgan fingerprint density at radius 1 is 1.09 bits per heavy atom. The molecule has 1 amide bonds. The molecule has 32 heavy (non-hydrogen) atoms. The summed E-state index contributed by atoms with van der Waals surface area (Å²) in [6, 6.07) is 10.8. The number of fused-ring (bicyclic) bond motifs is 1. The molecule has 1 fully saturated rings. The lowest BCUT2D eigenvalue weighted by atomic mass is 9.86. The molecule has 1 aliphatic heterocycles. The minimum Gasteiger partial charge on any atom is -0.508 e. The van der Waals surface area contributed by atoms with Crippen molar-refractivity contribution in [3.8, 4) is 16.9 Å². The van der Waals surface area contributed by atoms with Gasteiger partial charge in [-0.15, -0.1) is 0 Å². The number of pyridine rings is 1. The molecule has 166 valence electrons. The quantitative estimate of drug-likeness (QED) is 0.540. The van der Waals surface area contributed by atoms with Crippen LogP contribution in [0.5, 0.6) is 5.75 Å². The van der Waals surface area contributed by atoms with E-state index < -0.39 is 11.9 Å². The van der Waals surface area contributed by atoms with E-state index in [-0.39, 0.29) is 36.1 Å². The number of nitrogens with one attached hydrogen (secondary N) is 1. The van der Waals surface area contributed by atoms with Crippen LogP contribution in [0.3, 0.4) is 0 Å². The Morgan fingerprint density at radius 3 is 2.50 bits per heavy atom. The zero-order valence-corrected chi connectivity index (χ0v) is 17.3. The van der Waals surface area contributed by atoms with Crippen molar-refractivity contribution in [3.05, 3.63) is 59.7 Å². The maximum atomic E-state index is 13.6. The number of aromatic nitrogens is 1. The van der Waals surface area contributed by atoms with Crippen LogP contribution in [0.25, 0.3) is 21.9 Å². The number of carboxylic acids is 1. The van der Waals surface area contributed by atoms with Crippen molar-refractivity contribution >= 4 is 22.6 Å². The lowest BCUT2D eigenvalue weighted by Crippen LogP contribution is -2.28. The van der Waals surface area contributed by atoms with Gasteiger partial charge < -0.3 is 20.3 Å². The Balaban J connectivity index is 1.91. The molecule has 0 spiro atoms.